The highest BCUT2D eigenvalue weighted by Crippen LogP contribution is 2.28. The molecule has 0 aliphatic carbocycles. The molecule has 1 aromatic rings. The Hall–Kier alpha value is -2.57. The molecule has 0 fully saturated rings. The van der Waals surface area contributed by atoms with E-state index in [1.54, 1.807) is 32.0 Å². The number of ketones is 1. The molecular formula is C18H25NO6. The molecule has 0 aromatic heterocycles. The molecule has 0 bridgehead atoms. The number of benzene rings is 1. The third-order valence-corrected chi connectivity index (χ3v) is 3.83. The van der Waals surface area contributed by atoms with Gasteiger partial charge in [-0.05, 0) is 24.1 Å². The van der Waals surface area contributed by atoms with E-state index in [4.69, 9.17) is 14.2 Å². The summed E-state index contributed by atoms with van der Waals surface area (Å²) in [4.78, 5) is 37.9. The van der Waals surface area contributed by atoms with E-state index in [2.05, 4.69) is 0 Å². The van der Waals surface area contributed by atoms with Crippen LogP contribution in [0.25, 0.3) is 0 Å². The Kier molecular flexibility index (Phi) is 7.42. The Morgan fingerprint density at radius 2 is 1.64 bits per heavy atom. The molecule has 0 heterocycles. The number of hydrogen-bond donors (Lipinski definition) is 0. The number of ether oxygens (including phenoxy) is 3. The molecule has 0 aliphatic heterocycles. The summed E-state index contributed by atoms with van der Waals surface area (Å²) < 4.78 is 15.1. The van der Waals surface area contributed by atoms with E-state index < -0.39 is 12.0 Å². The van der Waals surface area contributed by atoms with Gasteiger partial charge < -0.3 is 19.1 Å². The van der Waals surface area contributed by atoms with E-state index in [1.807, 2.05) is 0 Å². The van der Waals surface area contributed by atoms with E-state index in [9.17, 15) is 14.4 Å². The molecule has 0 saturated carbocycles. The van der Waals surface area contributed by atoms with Crippen molar-refractivity contribution in [1.82, 2.24) is 4.90 Å². The van der Waals surface area contributed by atoms with Crippen LogP contribution < -0.4 is 9.47 Å². The first-order valence-electron chi connectivity index (χ1n) is 7.87. The van der Waals surface area contributed by atoms with Crippen LogP contribution in [0.2, 0.25) is 0 Å². The van der Waals surface area contributed by atoms with Crippen LogP contribution >= 0.6 is 0 Å². The van der Waals surface area contributed by atoms with Gasteiger partial charge in [-0.1, -0.05) is 13.8 Å². The van der Waals surface area contributed by atoms with Gasteiger partial charge >= 0.3 is 5.97 Å². The maximum atomic E-state index is 12.6. The molecular weight excluding hydrogens is 326 g/mol. The van der Waals surface area contributed by atoms with E-state index in [1.165, 1.54) is 33.2 Å². The standard InChI is InChI=1S/C18H25NO6/c1-11(2)17(18(22)25-6)19(12(3)20)10-14(21)13-7-8-15(23-4)16(9-13)24-5/h7-9,11,17H,10H2,1-6H3. The third-order valence-electron chi connectivity index (χ3n) is 3.83. The van der Waals surface area contributed by atoms with Gasteiger partial charge in [-0.25, -0.2) is 4.79 Å². The number of carbonyl (C=O) groups excluding carboxylic acids is 3. The van der Waals surface area contributed by atoms with Crippen LogP contribution in [0.3, 0.4) is 0 Å². The molecule has 0 radical (unpaired) electrons. The quantitative estimate of drug-likeness (QED) is 0.526. The Bertz CT molecular complexity index is 640. The predicted molar refractivity (Wildman–Crippen MR) is 91.9 cm³/mol. The summed E-state index contributed by atoms with van der Waals surface area (Å²) in [6, 6.07) is 3.92. The molecule has 138 valence electrons. The lowest BCUT2D eigenvalue weighted by atomic mass is 10.0. The molecule has 0 spiro atoms. The summed E-state index contributed by atoms with van der Waals surface area (Å²) in [6.07, 6.45) is 0. The first-order chi connectivity index (χ1) is 11.8. The van der Waals surface area contributed by atoms with Crippen molar-refractivity contribution >= 4 is 17.7 Å². The molecule has 1 rings (SSSR count). The summed E-state index contributed by atoms with van der Waals surface area (Å²) in [5, 5.41) is 0. The van der Waals surface area contributed by atoms with Crippen molar-refractivity contribution < 1.29 is 28.6 Å². The number of carbonyl (C=O) groups is 3. The maximum absolute atomic E-state index is 12.6. The zero-order chi connectivity index (χ0) is 19.1. The lowest BCUT2D eigenvalue weighted by molar-refractivity contribution is -0.153. The Morgan fingerprint density at radius 3 is 2.08 bits per heavy atom. The molecule has 7 nitrogen and oxygen atoms in total. The third kappa shape index (κ3) is 4.95. The SMILES string of the molecule is COC(=O)C(C(C)C)N(CC(=O)c1ccc(OC)c(OC)c1)C(C)=O. The number of hydrogen-bond acceptors (Lipinski definition) is 6. The van der Waals surface area contributed by atoms with E-state index in [0.717, 1.165) is 0 Å². The molecule has 1 unspecified atom stereocenters. The number of Topliss-reactive ketones (excluding diaryl/α,β-unsaturated/α-hetero) is 1. The van der Waals surface area contributed by atoms with Crippen LogP contribution in [-0.4, -0.2) is 56.5 Å². The van der Waals surface area contributed by atoms with E-state index in [0.29, 0.717) is 17.1 Å². The van der Waals surface area contributed by atoms with Crippen molar-refractivity contribution in [2.75, 3.05) is 27.9 Å². The van der Waals surface area contributed by atoms with Crippen LogP contribution in [0.1, 0.15) is 31.1 Å². The van der Waals surface area contributed by atoms with Crippen molar-refractivity contribution in [3.8, 4) is 11.5 Å². The fourth-order valence-electron chi connectivity index (χ4n) is 2.54. The molecule has 25 heavy (non-hydrogen) atoms. The summed E-state index contributed by atoms with van der Waals surface area (Å²) >= 11 is 0. The largest absolute Gasteiger partial charge is 0.493 e. The summed E-state index contributed by atoms with van der Waals surface area (Å²) in [6.45, 7) is 4.67. The average Bonchev–Trinajstić information content (AvgIpc) is 2.59. The zero-order valence-corrected chi connectivity index (χ0v) is 15.5. The molecule has 0 N–H and O–H groups in total. The van der Waals surface area contributed by atoms with Crippen LogP contribution in [0.5, 0.6) is 11.5 Å². The van der Waals surface area contributed by atoms with Gasteiger partial charge in [0.2, 0.25) is 5.91 Å². The van der Waals surface area contributed by atoms with Gasteiger partial charge in [-0.15, -0.1) is 0 Å². The minimum absolute atomic E-state index is 0.199. The van der Waals surface area contributed by atoms with Crippen molar-refractivity contribution in [1.29, 1.82) is 0 Å². The monoisotopic (exact) mass is 351 g/mol. The first kappa shape index (κ1) is 20.5. The normalized spacial score (nSPS) is 11.6. The topological polar surface area (TPSA) is 82.1 Å². The number of esters is 1. The van der Waals surface area contributed by atoms with Crippen LogP contribution in [-0.2, 0) is 14.3 Å². The highest BCUT2D eigenvalue weighted by Gasteiger charge is 2.33. The molecule has 0 aliphatic rings. The van der Waals surface area contributed by atoms with E-state index >= 15 is 0 Å². The fraction of sp³-hybridized carbons (Fsp3) is 0.500. The average molecular weight is 351 g/mol. The number of amides is 1. The number of rotatable bonds is 8. The van der Waals surface area contributed by atoms with Gasteiger partial charge in [0.05, 0.1) is 27.9 Å². The molecule has 1 atom stereocenters. The lowest BCUT2D eigenvalue weighted by Gasteiger charge is -2.31. The van der Waals surface area contributed by atoms with Gasteiger partial charge in [0, 0.05) is 12.5 Å². The summed E-state index contributed by atoms with van der Waals surface area (Å²) in [5.74, 6) is -0.531. The van der Waals surface area contributed by atoms with Crippen molar-refractivity contribution in [3.05, 3.63) is 23.8 Å². The first-order valence-corrected chi connectivity index (χ1v) is 7.87. The van der Waals surface area contributed by atoms with Crippen molar-refractivity contribution in [2.24, 2.45) is 5.92 Å². The minimum atomic E-state index is -0.827. The maximum Gasteiger partial charge on any atom is 0.328 e. The molecule has 7 heteroatoms. The highest BCUT2D eigenvalue weighted by atomic mass is 16.5. The van der Waals surface area contributed by atoms with Gasteiger partial charge in [-0.2, -0.15) is 0 Å². The summed E-state index contributed by atoms with van der Waals surface area (Å²) in [7, 11) is 4.23. The Balaban J connectivity index is 3.11. The second-order valence-electron chi connectivity index (χ2n) is 5.85. The lowest BCUT2D eigenvalue weighted by Crippen LogP contribution is -2.49. The number of methoxy groups -OCH3 is 3. The van der Waals surface area contributed by atoms with Gasteiger partial charge in [0.15, 0.2) is 17.3 Å². The van der Waals surface area contributed by atoms with Gasteiger partial charge in [-0.3, -0.25) is 9.59 Å². The minimum Gasteiger partial charge on any atom is -0.493 e. The zero-order valence-electron chi connectivity index (χ0n) is 15.5. The van der Waals surface area contributed by atoms with Crippen LogP contribution in [0.15, 0.2) is 18.2 Å². The van der Waals surface area contributed by atoms with Crippen molar-refractivity contribution in [3.63, 3.8) is 0 Å². The van der Waals surface area contributed by atoms with E-state index in [-0.39, 0.29) is 24.2 Å². The fourth-order valence-corrected chi connectivity index (χ4v) is 2.54. The van der Waals surface area contributed by atoms with Crippen LogP contribution in [0, 0.1) is 5.92 Å². The Morgan fingerprint density at radius 1 is 1.04 bits per heavy atom. The van der Waals surface area contributed by atoms with Crippen LogP contribution in [0.4, 0.5) is 0 Å². The number of nitrogens with zero attached hydrogens (tertiary/aromatic N) is 1. The summed E-state index contributed by atoms with van der Waals surface area (Å²) in [5.41, 5.74) is 0.358. The molecule has 1 amide bonds. The van der Waals surface area contributed by atoms with Gasteiger partial charge in [0.25, 0.3) is 0 Å². The second-order valence-corrected chi connectivity index (χ2v) is 5.85. The molecule has 1 aromatic carbocycles. The van der Waals surface area contributed by atoms with Gasteiger partial charge in [0.1, 0.15) is 6.04 Å². The second kappa shape index (κ2) is 9.05. The highest BCUT2D eigenvalue weighted by molar-refractivity contribution is 6.00. The Labute approximate surface area is 147 Å². The predicted octanol–water partition coefficient (Wildman–Crippen LogP) is 1.93. The van der Waals surface area contributed by atoms with Crippen molar-refractivity contribution in [2.45, 2.75) is 26.8 Å². The molecule has 0 saturated heterocycles. The smallest absolute Gasteiger partial charge is 0.328 e.